The van der Waals surface area contributed by atoms with E-state index >= 15 is 0 Å². The van der Waals surface area contributed by atoms with Gasteiger partial charge in [0.05, 0.1) is 16.6 Å². The van der Waals surface area contributed by atoms with Gasteiger partial charge in [-0.3, -0.25) is 4.79 Å². The molecular weight excluding hydrogens is 412 g/mol. The molecule has 0 saturated heterocycles. The van der Waals surface area contributed by atoms with Crippen LogP contribution in [0.2, 0.25) is 0 Å². The van der Waals surface area contributed by atoms with E-state index in [2.05, 4.69) is 4.98 Å². The van der Waals surface area contributed by atoms with Crippen LogP contribution in [-0.2, 0) is 6.61 Å². The molecule has 5 heteroatoms. The van der Waals surface area contributed by atoms with Gasteiger partial charge in [0.2, 0.25) is 5.76 Å². The third-order valence-electron chi connectivity index (χ3n) is 5.23. The molecule has 5 nitrogen and oxygen atoms in total. The summed E-state index contributed by atoms with van der Waals surface area (Å²) in [6.45, 7) is 0.378. The summed E-state index contributed by atoms with van der Waals surface area (Å²) >= 11 is 0. The molecule has 0 unspecified atom stereocenters. The maximum Gasteiger partial charge on any atom is 0.207 e. The van der Waals surface area contributed by atoms with Gasteiger partial charge in [-0.1, -0.05) is 54.6 Å². The smallest absolute Gasteiger partial charge is 0.207 e. The molecule has 5 rings (SSSR count). The third kappa shape index (κ3) is 4.51. The zero-order chi connectivity index (χ0) is 22.6. The Balaban J connectivity index is 1.32. The van der Waals surface area contributed by atoms with Crippen LogP contribution in [0, 0.1) is 11.3 Å². The molecule has 0 atom stereocenters. The van der Waals surface area contributed by atoms with Gasteiger partial charge in [-0.15, -0.1) is 0 Å². The van der Waals surface area contributed by atoms with Gasteiger partial charge in [0.15, 0.2) is 5.43 Å². The Morgan fingerprint density at radius 1 is 0.909 bits per heavy atom. The van der Waals surface area contributed by atoms with Gasteiger partial charge in [0.1, 0.15) is 24.0 Å². The number of nitriles is 1. The van der Waals surface area contributed by atoms with Crippen LogP contribution < -0.4 is 10.2 Å². The van der Waals surface area contributed by atoms with Crippen LogP contribution in [0.4, 0.5) is 0 Å². The number of hydrogen-bond donors (Lipinski definition) is 0. The van der Waals surface area contributed by atoms with Gasteiger partial charge < -0.3 is 9.15 Å². The largest absolute Gasteiger partial charge is 0.487 e. The average molecular weight is 430 g/mol. The average Bonchev–Trinajstić information content (AvgIpc) is 2.86. The fourth-order valence-corrected chi connectivity index (χ4v) is 3.58. The minimum absolute atomic E-state index is 0.000571. The number of nitrogens with zero attached hydrogens (tertiary/aromatic N) is 2. The molecule has 0 aliphatic heterocycles. The molecular formula is C28H18N2O3. The van der Waals surface area contributed by atoms with Crippen LogP contribution in [0.5, 0.6) is 5.75 Å². The van der Waals surface area contributed by atoms with Crippen molar-refractivity contribution in [1.82, 2.24) is 4.98 Å². The number of hydrogen-bond acceptors (Lipinski definition) is 5. The lowest BCUT2D eigenvalue weighted by atomic mass is 10.1. The van der Waals surface area contributed by atoms with Crippen LogP contribution in [0.3, 0.4) is 0 Å². The van der Waals surface area contributed by atoms with Crippen molar-refractivity contribution >= 4 is 34.0 Å². The van der Waals surface area contributed by atoms with E-state index in [1.165, 1.54) is 6.07 Å². The molecule has 0 amide bonds. The summed E-state index contributed by atoms with van der Waals surface area (Å²) in [5.74, 6) is 0.745. The summed E-state index contributed by atoms with van der Waals surface area (Å²) in [4.78, 5) is 16.7. The van der Waals surface area contributed by atoms with Crippen molar-refractivity contribution in [3.63, 3.8) is 0 Å². The summed E-state index contributed by atoms with van der Waals surface area (Å²) in [6.07, 6.45) is 3.87. The second-order valence-corrected chi connectivity index (χ2v) is 7.53. The number of fused-ring (bicyclic) bond motifs is 2. The van der Waals surface area contributed by atoms with Gasteiger partial charge in [0, 0.05) is 11.5 Å². The number of rotatable bonds is 5. The Bertz CT molecular complexity index is 1610. The summed E-state index contributed by atoms with van der Waals surface area (Å²) in [7, 11) is 0. The highest BCUT2D eigenvalue weighted by Gasteiger charge is 2.05. The van der Waals surface area contributed by atoms with E-state index in [1.54, 1.807) is 12.1 Å². The first-order valence-corrected chi connectivity index (χ1v) is 10.4. The lowest BCUT2D eigenvalue weighted by molar-refractivity contribution is 0.302. The standard InChI is InChI=1S/C28H18N2O3/c29-17-24-16-27(31)25-13-10-20(15-28(25)33-24)9-8-19-4-3-6-23(14-19)32-18-22-12-11-21-5-1-2-7-26(21)30-22/h1-16H,18H2. The first kappa shape index (κ1) is 20.2. The number of benzene rings is 3. The molecule has 33 heavy (non-hydrogen) atoms. The van der Waals surface area contributed by atoms with Crippen molar-refractivity contribution in [3.05, 3.63) is 118 Å². The van der Waals surface area contributed by atoms with Crippen molar-refractivity contribution in [3.8, 4) is 11.8 Å². The molecule has 0 saturated carbocycles. The van der Waals surface area contributed by atoms with Crippen LogP contribution in [0.15, 0.2) is 94.1 Å². The van der Waals surface area contributed by atoms with Gasteiger partial charge in [-0.2, -0.15) is 5.26 Å². The minimum Gasteiger partial charge on any atom is -0.487 e. The second kappa shape index (κ2) is 8.81. The van der Waals surface area contributed by atoms with Crippen molar-refractivity contribution in [2.45, 2.75) is 6.61 Å². The Hall–Kier alpha value is -4.69. The molecule has 0 aliphatic rings. The van der Waals surface area contributed by atoms with Crippen molar-refractivity contribution in [2.75, 3.05) is 0 Å². The Morgan fingerprint density at radius 3 is 2.64 bits per heavy atom. The molecule has 0 N–H and O–H groups in total. The van der Waals surface area contributed by atoms with Crippen LogP contribution in [-0.4, -0.2) is 4.98 Å². The molecule has 2 aromatic heterocycles. The maximum atomic E-state index is 12.1. The zero-order valence-electron chi connectivity index (χ0n) is 17.6. The zero-order valence-corrected chi connectivity index (χ0v) is 17.6. The summed E-state index contributed by atoms with van der Waals surface area (Å²) in [5.41, 5.74) is 3.79. The Morgan fingerprint density at radius 2 is 1.76 bits per heavy atom. The molecule has 5 aromatic rings. The number of para-hydroxylation sites is 1. The fourth-order valence-electron chi connectivity index (χ4n) is 3.58. The van der Waals surface area contributed by atoms with E-state index in [0.29, 0.717) is 17.6 Å². The van der Waals surface area contributed by atoms with Crippen LogP contribution in [0.1, 0.15) is 22.6 Å². The van der Waals surface area contributed by atoms with E-state index in [-0.39, 0.29) is 11.2 Å². The highest BCUT2D eigenvalue weighted by molar-refractivity contribution is 5.82. The van der Waals surface area contributed by atoms with E-state index in [1.807, 2.05) is 85.0 Å². The molecule has 0 aliphatic carbocycles. The topological polar surface area (TPSA) is 76.1 Å². The van der Waals surface area contributed by atoms with Gasteiger partial charge in [0.25, 0.3) is 0 Å². The lowest BCUT2D eigenvalue weighted by Gasteiger charge is -2.07. The van der Waals surface area contributed by atoms with E-state index in [4.69, 9.17) is 14.4 Å². The van der Waals surface area contributed by atoms with Crippen LogP contribution >= 0.6 is 0 Å². The van der Waals surface area contributed by atoms with E-state index in [0.717, 1.165) is 33.5 Å². The summed E-state index contributed by atoms with van der Waals surface area (Å²) in [5, 5.41) is 10.6. The highest BCUT2D eigenvalue weighted by Crippen LogP contribution is 2.20. The Labute approximate surface area is 189 Å². The van der Waals surface area contributed by atoms with Crippen molar-refractivity contribution in [2.24, 2.45) is 0 Å². The van der Waals surface area contributed by atoms with Crippen LogP contribution in [0.25, 0.3) is 34.0 Å². The number of ether oxygens (including phenoxy) is 1. The number of aromatic nitrogens is 1. The lowest BCUT2D eigenvalue weighted by Crippen LogP contribution is -2.00. The molecule has 0 fully saturated rings. The first-order valence-electron chi connectivity index (χ1n) is 10.4. The van der Waals surface area contributed by atoms with E-state index < -0.39 is 0 Å². The quantitative estimate of drug-likeness (QED) is 0.322. The SMILES string of the molecule is N#Cc1cc(=O)c2ccc(C=Cc3cccc(OCc4ccc5ccccc5n4)c3)cc2o1. The molecule has 3 aromatic carbocycles. The molecule has 0 bridgehead atoms. The summed E-state index contributed by atoms with van der Waals surface area (Å²) in [6, 6.07) is 28.2. The monoisotopic (exact) mass is 430 g/mol. The predicted molar refractivity (Wildman–Crippen MR) is 129 cm³/mol. The Kier molecular flexibility index (Phi) is 5.40. The predicted octanol–water partition coefficient (Wildman–Crippen LogP) is 5.96. The van der Waals surface area contributed by atoms with E-state index in [9.17, 15) is 4.79 Å². The van der Waals surface area contributed by atoms with Gasteiger partial charge in [-0.05, 0) is 47.5 Å². The fraction of sp³-hybridized carbons (Fsp3) is 0.0357. The first-order chi connectivity index (χ1) is 16.2. The number of pyridine rings is 1. The summed E-state index contributed by atoms with van der Waals surface area (Å²) < 4.78 is 11.4. The van der Waals surface area contributed by atoms with Gasteiger partial charge in [-0.25, -0.2) is 4.98 Å². The molecule has 158 valence electrons. The molecule has 0 spiro atoms. The van der Waals surface area contributed by atoms with Gasteiger partial charge >= 0.3 is 0 Å². The van der Waals surface area contributed by atoms with Crippen molar-refractivity contribution in [1.29, 1.82) is 5.26 Å². The third-order valence-corrected chi connectivity index (χ3v) is 5.23. The highest BCUT2D eigenvalue weighted by atomic mass is 16.5. The molecule has 2 heterocycles. The minimum atomic E-state index is -0.228. The maximum absolute atomic E-state index is 12.1. The normalized spacial score (nSPS) is 11.1. The molecule has 0 radical (unpaired) electrons. The second-order valence-electron chi connectivity index (χ2n) is 7.53. The van der Waals surface area contributed by atoms with Crippen molar-refractivity contribution < 1.29 is 9.15 Å².